The van der Waals surface area contributed by atoms with Gasteiger partial charge in [0.15, 0.2) is 0 Å². The molecule has 0 saturated carbocycles. The van der Waals surface area contributed by atoms with E-state index >= 15 is 0 Å². The number of nitrogens with zero attached hydrogens (tertiary/aromatic N) is 2. The molecule has 1 aliphatic heterocycles. The van der Waals surface area contributed by atoms with E-state index in [4.69, 9.17) is 0 Å². The summed E-state index contributed by atoms with van der Waals surface area (Å²) in [5.74, 6) is -1.19. The second kappa shape index (κ2) is 8.12. The minimum Gasteiger partial charge on any atom is -0.405 e. The monoisotopic (exact) mass is 391 g/mol. The minimum atomic E-state index is -4.83. The molecule has 9 heteroatoms. The lowest BCUT2D eigenvalue weighted by Crippen LogP contribution is -2.39. The molecule has 3 rings (SSSR count). The van der Waals surface area contributed by atoms with Gasteiger partial charge in [-0.2, -0.15) is 5.10 Å². The number of anilines is 1. The van der Waals surface area contributed by atoms with Crippen LogP contribution in [0.5, 0.6) is 5.75 Å². The second-order valence-electron chi connectivity index (χ2n) is 5.93. The summed E-state index contributed by atoms with van der Waals surface area (Å²) in [6.07, 6.45) is -4.58. The molecule has 0 bridgehead atoms. The number of ether oxygens (including phenoxy) is 1. The van der Waals surface area contributed by atoms with Crippen molar-refractivity contribution in [2.75, 3.05) is 5.01 Å². The van der Waals surface area contributed by atoms with Crippen molar-refractivity contribution in [3.05, 3.63) is 60.2 Å². The van der Waals surface area contributed by atoms with E-state index in [0.717, 1.165) is 5.01 Å². The first-order valence-electron chi connectivity index (χ1n) is 8.41. The number of nitrogens with one attached hydrogen (secondary N) is 1. The van der Waals surface area contributed by atoms with Crippen LogP contribution in [0.2, 0.25) is 0 Å². The van der Waals surface area contributed by atoms with E-state index in [0.29, 0.717) is 5.69 Å². The van der Waals surface area contributed by atoms with E-state index in [1.807, 2.05) is 0 Å². The third kappa shape index (κ3) is 4.87. The van der Waals surface area contributed by atoms with Gasteiger partial charge in [0.1, 0.15) is 11.5 Å². The van der Waals surface area contributed by atoms with Crippen LogP contribution in [0, 0.1) is 0 Å². The van der Waals surface area contributed by atoms with E-state index in [1.165, 1.54) is 18.2 Å². The first-order chi connectivity index (χ1) is 13.3. The summed E-state index contributed by atoms with van der Waals surface area (Å²) in [6.45, 7) is -0.177. The van der Waals surface area contributed by atoms with Crippen molar-refractivity contribution < 1.29 is 27.5 Å². The highest BCUT2D eigenvalue weighted by Gasteiger charge is 2.32. The minimum absolute atomic E-state index is 0.106. The van der Waals surface area contributed by atoms with Gasteiger partial charge >= 0.3 is 6.36 Å². The first-order valence-corrected chi connectivity index (χ1v) is 8.41. The molecule has 1 N–H and O–H groups in total. The summed E-state index contributed by atoms with van der Waals surface area (Å²) in [4.78, 5) is 24.5. The average Bonchev–Trinajstić information content (AvgIpc) is 2.67. The van der Waals surface area contributed by atoms with Crippen molar-refractivity contribution in [2.45, 2.75) is 25.7 Å². The molecule has 146 valence electrons. The zero-order valence-electron chi connectivity index (χ0n) is 14.6. The molecule has 6 nitrogen and oxygen atoms in total. The molecule has 2 aromatic carbocycles. The number of halogens is 3. The third-order valence-electron chi connectivity index (χ3n) is 3.93. The molecule has 0 fully saturated rings. The lowest BCUT2D eigenvalue weighted by molar-refractivity contribution is -0.274. The predicted octanol–water partition coefficient (Wildman–Crippen LogP) is 3.38. The quantitative estimate of drug-likeness (QED) is 0.850. The lowest BCUT2D eigenvalue weighted by Gasteiger charge is -2.23. The number of hydrogen-bond acceptors (Lipinski definition) is 4. The molecule has 1 heterocycles. The van der Waals surface area contributed by atoms with E-state index in [2.05, 4.69) is 15.2 Å². The van der Waals surface area contributed by atoms with Gasteiger partial charge in [-0.15, -0.1) is 13.2 Å². The van der Waals surface area contributed by atoms with Crippen LogP contribution >= 0.6 is 0 Å². The van der Waals surface area contributed by atoms with Crippen molar-refractivity contribution >= 4 is 23.2 Å². The zero-order valence-corrected chi connectivity index (χ0v) is 14.6. The molecule has 1 aliphatic rings. The smallest absolute Gasteiger partial charge is 0.405 e. The van der Waals surface area contributed by atoms with Gasteiger partial charge in [0.25, 0.3) is 5.91 Å². The van der Waals surface area contributed by atoms with Gasteiger partial charge in [0.05, 0.1) is 5.69 Å². The molecule has 0 atom stereocenters. The molecule has 0 radical (unpaired) electrons. The molecule has 0 spiro atoms. The van der Waals surface area contributed by atoms with E-state index in [9.17, 15) is 22.8 Å². The molecule has 28 heavy (non-hydrogen) atoms. The highest BCUT2D eigenvalue weighted by atomic mass is 19.4. The summed E-state index contributed by atoms with van der Waals surface area (Å²) in [5.41, 5.74) is 0.819. The van der Waals surface area contributed by atoms with Gasteiger partial charge in [0, 0.05) is 24.9 Å². The van der Waals surface area contributed by atoms with Gasteiger partial charge in [0.2, 0.25) is 5.91 Å². The number of para-hydroxylation sites is 2. The highest BCUT2D eigenvalue weighted by molar-refractivity contribution is 6.40. The molecular weight excluding hydrogens is 375 g/mol. The fourth-order valence-corrected chi connectivity index (χ4v) is 2.64. The van der Waals surface area contributed by atoms with Crippen LogP contribution < -0.4 is 15.1 Å². The Morgan fingerprint density at radius 2 is 1.75 bits per heavy atom. The van der Waals surface area contributed by atoms with Gasteiger partial charge in [-0.25, -0.2) is 5.01 Å². The van der Waals surface area contributed by atoms with Crippen molar-refractivity contribution in [1.29, 1.82) is 0 Å². The molecule has 0 unspecified atom stereocenters. The number of rotatable bonds is 5. The highest BCUT2D eigenvalue weighted by Crippen LogP contribution is 2.26. The Kier molecular flexibility index (Phi) is 5.62. The standard InChI is InChI=1S/C19H16F3N3O3/c20-19(21,22)28-16-9-5-4-6-13(16)12-23-18(27)15-10-11-17(26)25(24-15)14-7-2-1-3-8-14/h1-9H,10-12H2,(H,23,27). The summed E-state index contributed by atoms with van der Waals surface area (Å²) < 4.78 is 41.4. The second-order valence-corrected chi connectivity index (χ2v) is 5.93. The molecule has 0 aliphatic carbocycles. The SMILES string of the molecule is O=C(NCc1ccccc1OC(F)(F)F)C1=NN(c2ccccc2)C(=O)CC1. The van der Waals surface area contributed by atoms with Crippen LogP contribution in [0.3, 0.4) is 0 Å². The van der Waals surface area contributed by atoms with Crippen LogP contribution in [0.4, 0.5) is 18.9 Å². The van der Waals surface area contributed by atoms with Crippen LogP contribution in [-0.4, -0.2) is 23.9 Å². The number of amides is 2. The molecule has 0 aromatic heterocycles. The van der Waals surface area contributed by atoms with Crippen molar-refractivity contribution in [3.8, 4) is 5.75 Å². The van der Waals surface area contributed by atoms with E-state index in [1.54, 1.807) is 36.4 Å². The Hall–Kier alpha value is -3.36. The normalized spacial score (nSPS) is 14.5. The van der Waals surface area contributed by atoms with Crippen molar-refractivity contribution in [3.63, 3.8) is 0 Å². The predicted molar refractivity (Wildman–Crippen MR) is 95.6 cm³/mol. The van der Waals surface area contributed by atoms with Gasteiger partial charge in [-0.3, -0.25) is 9.59 Å². The number of carbonyl (C=O) groups excluding carboxylic acids is 2. The summed E-state index contributed by atoms with van der Waals surface area (Å²) >= 11 is 0. The topological polar surface area (TPSA) is 71.0 Å². The number of alkyl halides is 3. The molecule has 2 amide bonds. The number of hydrogen-bond donors (Lipinski definition) is 1. The van der Waals surface area contributed by atoms with Gasteiger partial charge in [-0.1, -0.05) is 36.4 Å². The fraction of sp³-hybridized carbons (Fsp3) is 0.211. The van der Waals surface area contributed by atoms with E-state index in [-0.39, 0.29) is 42.3 Å². The summed E-state index contributed by atoms with van der Waals surface area (Å²) in [6, 6.07) is 14.2. The third-order valence-corrected chi connectivity index (χ3v) is 3.93. The summed E-state index contributed by atoms with van der Waals surface area (Å²) in [7, 11) is 0. The van der Waals surface area contributed by atoms with Crippen LogP contribution in [-0.2, 0) is 16.1 Å². The maximum atomic E-state index is 12.5. The molecular formula is C19H16F3N3O3. The zero-order chi connectivity index (χ0) is 20.1. The number of carbonyl (C=O) groups is 2. The lowest BCUT2D eigenvalue weighted by atomic mass is 10.1. The Balaban J connectivity index is 1.71. The Morgan fingerprint density at radius 3 is 2.46 bits per heavy atom. The summed E-state index contributed by atoms with van der Waals surface area (Å²) in [5, 5.41) is 7.78. The van der Waals surface area contributed by atoms with Crippen LogP contribution in [0.25, 0.3) is 0 Å². The largest absolute Gasteiger partial charge is 0.573 e. The molecule has 0 saturated heterocycles. The maximum Gasteiger partial charge on any atom is 0.573 e. The number of benzene rings is 2. The average molecular weight is 391 g/mol. The fourth-order valence-electron chi connectivity index (χ4n) is 2.64. The van der Waals surface area contributed by atoms with Crippen molar-refractivity contribution in [1.82, 2.24) is 5.32 Å². The Bertz CT molecular complexity index is 898. The van der Waals surface area contributed by atoms with Gasteiger partial charge < -0.3 is 10.1 Å². The number of hydrazone groups is 1. The van der Waals surface area contributed by atoms with Gasteiger partial charge in [-0.05, 0) is 18.2 Å². The maximum absolute atomic E-state index is 12.5. The first kappa shape index (κ1) is 19.4. The molecule has 2 aromatic rings. The van der Waals surface area contributed by atoms with E-state index < -0.39 is 12.3 Å². The van der Waals surface area contributed by atoms with Crippen LogP contribution in [0.15, 0.2) is 59.7 Å². The van der Waals surface area contributed by atoms with Crippen molar-refractivity contribution in [2.24, 2.45) is 5.10 Å². The van der Waals surface area contributed by atoms with Crippen LogP contribution in [0.1, 0.15) is 18.4 Å². The Labute approximate surface area is 158 Å². The Morgan fingerprint density at radius 1 is 1.07 bits per heavy atom.